The zero-order chi connectivity index (χ0) is 12.3. The standard InChI is InChI=1S/C13H20N2OS/c1-2-11(16)13-10(14)9-12(17-13)15-7-5-3-4-6-8-15/h9H,2-8,14H2,1H3. The van der Waals surface area contributed by atoms with E-state index < -0.39 is 0 Å². The van der Waals surface area contributed by atoms with Gasteiger partial charge >= 0.3 is 0 Å². The van der Waals surface area contributed by atoms with E-state index in [1.807, 2.05) is 13.0 Å². The lowest BCUT2D eigenvalue weighted by Gasteiger charge is -2.19. The molecule has 0 bridgehead atoms. The van der Waals surface area contributed by atoms with Crippen LogP contribution in [0.3, 0.4) is 0 Å². The maximum absolute atomic E-state index is 11.7. The molecule has 2 rings (SSSR count). The summed E-state index contributed by atoms with van der Waals surface area (Å²) in [5.74, 6) is 0.161. The molecule has 1 fully saturated rings. The van der Waals surface area contributed by atoms with Gasteiger partial charge in [-0.1, -0.05) is 19.8 Å². The van der Waals surface area contributed by atoms with E-state index >= 15 is 0 Å². The molecule has 0 atom stereocenters. The molecule has 0 unspecified atom stereocenters. The first-order valence-electron chi connectivity index (χ1n) is 6.40. The fourth-order valence-corrected chi connectivity index (χ4v) is 3.36. The van der Waals surface area contributed by atoms with Crippen molar-refractivity contribution < 1.29 is 4.79 Å². The molecule has 0 radical (unpaired) electrons. The number of nitrogens with zero attached hydrogens (tertiary/aromatic N) is 1. The van der Waals surface area contributed by atoms with Crippen LogP contribution in [0.15, 0.2) is 6.07 Å². The van der Waals surface area contributed by atoms with Crippen LogP contribution >= 0.6 is 11.3 Å². The Labute approximate surface area is 107 Å². The molecule has 2 N–H and O–H groups in total. The molecule has 3 nitrogen and oxygen atoms in total. The van der Waals surface area contributed by atoms with Crippen LogP contribution in [0.2, 0.25) is 0 Å². The van der Waals surface area contributed by atoms with Gasteiger partial charge in [0.05, 0.1) is 15.6 Å². The normalized spacial score (nSPS) is 16.9. The van der Waals surface area contributed by atoms with E-state index in [1.54, 1.807) is 11.3 Å². The number of carbonyl (C=O) groups excluding carboxylic acids is 1. The summed E-state index contributed by atoms with van der Waals surface area (Å²) in [6.45, 7) is 4.08. The fraction of sp³-hybridized carbons (Fsp3) is 0.615. The van der Waals surface area contributed by atoms with Crippen molar-refractivity contribution in [2.24, 2.45) is 0 Å². The Morgan fingerprint density at radius 3 is 2.59 bits per heavy atom. The molecule has 1 saturated heterocycles. The molecule has 1 aromatic rings. The first-order valence-corrected chi connectivity index (χ1v) is 7.21. The van der Waals surface area contributed by atoms with Crippen LogP contribution < -0.4 is 10.6 Å². The van der Waals surface area contributed by atoms with Crippen molar-refractivity contribution in [1.29, 1.82) is 0 Å². The summed E-state index contributed by atoms with van der Waals surface area (Å²) < 4.78 is 0. The van der Waals surface area contributed by atoms with Crippen LogP contribution in [0.25, 0.3) is 0 Å². The number of carbonyl (C=O) groups is 1. The van der Waals surface area contributed by atoms with Gasteiger partial charge in [-0.2, -0.15) is 0 Å². The molecule has 94 valence electrons. The van der Waals surface area contributed by atoms with Gasteiger partial charge in [-0.15, -0.1) is 11.3 Å². The lowest BCUT2D eigenvalue weighted by atomic mass is 10.2. The minimum absolute atomic E-state index is 0.161. The van der Waals surface area contributed by atoms with E-state index in [1.165, 1.54) is 30.7 Å². The van der Waals surface area contributed by atoms with E-state index in [2.05, 4.69) is 4.90 Å². The molecule has 0 amide bonds. The van der Waals surface area contributed by atoms with E-state index in [-0.39, 0.29) is 5.78 Å². The first kappa shape index (κ1) is 12.4. The number of anilines is 2. The highest BCUT2D eigenvalue weighted by molar-refractivity contribution is 7.18. The van der Waals surface area contributed by atoms with Gasteiger partial charge in [0.1, 0.15) is 0 Å². The van der Waals surface area contributed by atoms with Gasteiger partial charge in [-0.3, -0.25) is 4.79 Å². The van der Waals surface area contributed by atoms with Crippen LogP contribution in [0.4, 0.5) is 10.7 Å². The van der Waals surface area contributed by atoms with Crippen molar-refractivity contribution in [3.05, 3.63) is 10.9 Å². The Morgan fingerprint density at radius 1 is 1.35 bits per heavy atom. The summed E-state index contributed by atoms with van der Waals surface area (Å²) in [7, 11) is 0. The number of ketones is 1. The predicted molar refractivity (Wildman–Crippen MR) is 74.0 cm³/mol. The van der Waals surface area contributed by atoms with E-state index in [0.717, 1.165) is 18.0 Å². The molecule has 0 aliphatic carbocycles. The van der Waals surface area contributed by atoms with E-state index in [4.69, 9.17) is 5.73 Å². The Morgan fingerprint density at radius 2 is 2.00 bits per heavy atom. The van der Waals surface area contributed by atoms with Crippen molar-refractivity contribution in [2.75, 3.05) is 23.7 Å². The van der Waals surface area contributed by atoms with Gasteiger partial charge in [0.15, 0.2) is 5.78 Å². The molecular formula is C13H20N2OS. The molecule has 1 aliphatic rings. The second-order valence-electron chi connectivity index (χ2n) is 4.55. The number of thiophene rings is 1. The van der Waals surface area contributed by atoms with Crippen molar-refractivity contribution in [3.63, 3.8) is 0 Å². The van der Waals surface area contributed by atoms with Gasteiger partial charge in [0.2, 0.25) is 0 Å². The number of Topliss-reactive ketones (excluding diaryl/α,β-unsaturated/α-hetero) is 1. The summed E-state index contributed by atoms with van der Waals surface area (Å²) in [5.41, 5.74) is 6.58. The minimum Gasteiger partial charge on any atom is -0.397 e. The van der Waals surface area contributed by atoms with Gasteiger partial charge in [-0.05, 0) is 18.9 Å². The van der Waals surface area contributed by atoms with Crippen molar-refractivity contribution in [1.82, 2.24) is 0 Å². The Balaban J connectivity index is 2.18. The molecule has 2 heterocycles. The quantitative estimate of drug-likeness (QED) is 0.840. The average Bonchev–Trinajstić information content (AvgIpc) is 2.57. The molecule has 17 heavy (non-hydrogen) atoms. The monoisotopic (exact) mass is 252 g/mol. The van der Waals surface area contributed by atoms with Crippen LogP contribution in [-0.4, -0.2) is 18.9 Å². The lowest BCUT2D eigenvalue weighted by molar-refractivity contribution is 0.0993. The Kier molecular flexibility index (Phi) is 4.05. The summed E-state index contributed by atoms with van der Waals surface area (Å²) in [4.78, 5) is 14.8. The second-order valence-corrected chi connectivity index (χ2v) is 5.58. The third-order valence-electron chi connectivity index (χ3n) is 3.24. The third kappa shape index (κ3) is 2.80. The topological polar surface area (TPSA) is 46.3 Å². The minimum atomic E-state index is 0.161. The highest BCUT2D eigenvalue weighted by Gasteiger charge is 2.17. The molecule has 0 aromatic carbocycles. The maximum atomic E-state index is 11.7. The van der Waals surface area contributed by atoms with Crippen LogP contribution in [0, 0.1) is 0 Å². The number of nitrogen functional groups attached to an aromatic ring is 1. The third-order valence-corrected chi connectivity index (χ3v) is 4.49. The zero-order valence-electron chi connectivity index (χ0n) is 10.4. The molecule has 4 heteroatoms. The Hall–Kier alpha value is -1.03. The molecular weight excluding hydrogens is 232 g/mol. The summed E-state index contributed by atoms with van der Waals surface area (Å²) in [5, 5.41) is 1.17. The van der Waals surface area contributed by atoms with Gasteiger partial charge in [-0.25, -0.2) is 0 Å². The second kappa shape index (κ2) is 5.54. The Bertz CT molecular complexity index is 392. The average molecular weight is 252 g/mol. The smallest absolute Gasteiger partial charge is 0.174 e. The van der Waals surface area contributed by atoms with Crippen LogP contribution in [-0.2, 0) is 0 Å². The molecule has 0 spiro atoms. The highest BCUT2D eigenvalue weighted by atomic mass is 32.1. The molecule has 1 aliphatic heterocycles. The van der Waals surface area contributed by atoms with E-state index in [0.29, 0.717) is 12.1 Å². The van der Waals surface area contributed by atoms with Crippen molar-refractivity contribution in [3.8, 4) is 0 Å². The number of rotatable bonds is 3. The summed E-state index contributed by atoms with van der Waals surface area (Å²) in [6.07, 6.45) is 5.66. The highest BCUT2D eigenvalue weighted by Crippen LogP contribution is 2.34. The zero-order valence-corrected chi connectivity index (χ0v) is 11.2. The molecule has 1 aromatic heterocycles. The number of nitrogens with two attached hydrogens (primary N) is 1. The van der Waals surface area contributed by atoms with Crippen molar-refractivity contribution >= 4 is 27.8 Å². The van der Waals surface area contributed by atoms with Crippen LogP contribution in [0.1, 0.15) is 48.7 Å². The molecule has 0 saturated carbocycles. The predicted octanol–water partition coefficient (Wildman–Crippen LogP) is 3.30. The van der Waals surface area contributed by atoms with Crippen LogP contribution in [0.5, 0.6) is 0 Å². The summed E-state index contributed by atoms with van der Waals surface area (Å²) in [6, 6.07) is 1.97. The lowest BCUT2D eigenvalue weighted by Crippen LogP contribution is -2.22. The van der Waals surface area contributed by atoms with Crippen molar-refractivity contribution in [2.45, 2.75) is 39.0 Å². The van der Waals surface area contributed by atoms with Gasteiger partial charge < -0.3 is 10.6 Å². The van der Waals surface area contributed by atoms with Gasteiger partial charge in [0.25, 0.3) is 0 Å². The SMILES string of the molecule is CCC(=O)c1sc(N2CCCCCC2)cc1N. The van der Waals surface area contributed by atoms with E-state index in [9.17, 15) is 4.79 Å². The largest absolute Gasteiger partial charge is 0.397 e. The first-order chi connectivity index (χ1) is 8.22. The number of hydrogen-bond donors (Lipinski definition) is 1. The number of hydrogen-bond acceptors (Lipinski definition) is 4. The maximum Gasteiger partial charge on any atom is 0.174 e. The fourth-order valence-electron chi connectivity index (χ4n) is 2.22. The van der Waals surface area contributed by atoms with Gasteiger partial charge in [0, 0.05) is 19.5 Å². The summed E-state index contributed by atoms with van der Waals surface area (Å²) >= 11 is 1.56.